The van der Waals surface area contributed by atoms with Crippen molar-refractivity contribution in [2.24, 2.45) is 11.8 Å². The molecule has 0 N–H and O–H groups in total. The molecule has 0 aliphatic rings. The molecule has 2 atom stereocenters. The van der Waals surface area contributed by atoms with Crippen LogP contribution in [0.2, 0.25) is 6.32 Å². The summed E-state index contributed by atoms with van der Waals surface area (Å²) >= 11 is 0. The first-order valence-electron chi connectivity index (χ1n) is 4.72. The summed E-state index contributed by atoms with van der Waals surface area (Å²) in [5.74, 6) is 1.87. The fraction of sp³-hybridized carbons (Fsp3) is 1.00. The van der Waals surface area contributed by atoms with Gasteiger partial charge in [-0.1, -0.05) is 39.9 Å². The van der Waals surface area contributed by atoms with Gasteiger partial charge in [0.05, 0.1) is 14.9 Å². The molecule has 0 fully saturated rings. The van der Waals surface area contributed by atoms with Crippen molar-refractivity contribution < 1.29 is 0 Å². The third-order valence-electron chi connectivity index (χ3n) is 2.46. The van der Waals surface area contributed by atoms with Gasteiger partial charge in [-0.05, 0) is 11.8 Å². The van der Waals surface area contributed by atoms with E-state index in [9.17, 15) is 0 Å². The topological polar surface area (TPSA) is 0 Å². The van der Waals surface area contributed by atoms with Gasteiger partial charge in [-0.25, -0.2) is 0 Å². The number of hydrogen-bond donors (Lipinski definition) is 0. The van der Waals surface area contributed by atoms with Crippen LogP contribution >= 0.6 is 0 Å². The molecular weight excluding hydrogens is 118 g/mol. The maximum absolute atomic E-state index is 2.38. The Morgan fingerprint density at radius 2 is 1.90 bits per heavy atom. The lowest BCUT2D eigenvalue weighted by atomic mass is 9.50. The lowest BCUT2D eigenvalue weighted by molar-refractivity contribution is 0.388. The van der Waals surface area contributed by atoms with Crippen LogP contribution in [-0.4, -0.2) is 14.9 Å². The van der Waals surface area contributed by atoms with E-state index in [1.54, 1.807) is 0 Å². The molecule has 1 unspecified atom stereocenters. The lowest BCUT2D eigenvalue weighted by Gasteiger charge is -2.17. The van der Waals surface area contributed by atoms with E-state index in [0.29, 0.717) is 0 Å². The fourth-order valence-corrected chi connectivity index (χ4v) is 1.48. The summed E-state index contributed by atoms with van der Waals surface area (Å²) < 4.78 is 0. The molecule has 0 amide bonds. The van der Waals surface area contributed by atoms with E-state index in [1.807, 2.05) is 0 Å². The largest absolute Gasteiger partial charge is 0.0825 e. The number of hydrogen-bond acceptors (Lipinski definition) is 0. The van der Waals surface area contributed by atoms with Crippen molar-refractivity contribution in [3.8, 4) is 0 Å². The average Bonchev–Trinajstić information content (AvgIpc) is 1.89. The Kier molecular flexibility index (Phi) is 5.96. The quantitative estimate of drug-likeness (QED) is 0.504. The standard InChI is InChI=1S/C8H20B2/c1-4-5-7(2)8(3)6-10-9/h7-8,10H,4-6,9H2,1-3H3/t7?,8-/m0/s1. The van der Waals surface area contributed by atoms with Crippen LogP contribution in [0.25, 0.3) is 0 Å². The van der Waals surface area contributed by atoms with Crippen molar-refractivity contribution >= 4 is 14.9 Å². The molecular formula is C8H20B2. The molecule has 58 valence electrons. The van der Waals surface area contributed by atoms with E-state index in [2.05, 4.69) is 28.5 Å². The Balaban J connectivity index is 3.38. The molecule has 0 heterocycles. The van der Waals surface area contributed by atoms with E-state index in [4.69, 9.17) is 0 Å². The normalized spacial score (nSPS) is 16.3. The van der Waals surface area contributed by atoms with Gasteiger partial charge >= 0.3 is 0 Å². The highest BCUT2D eigenvalue weighted by atomic mass is 14.1. The van der Waals surface area contributed by atoms with Gasteiger partial charge < -0.3 is 0 Å². The predicted molar refractivity (Wildman–Crippen MR) is 53.7 cm³/mol. The van der Waals surface area contributed by atoms with Crippen LogP contribution in [0.15, 0.2) is 0 Å². The highest BCUT2D eigenvalue weighted by Gasteiger charge is 2.09. The van der Waals surface area contributed by atoms with Crippen molar-refractivity contribution in [3.63, 3.8) is 0 Å². The zero-order valence-corrected chi connectivity index (χ0v) is 7.98. The Hall–Kier alpha value is 0.130. The minimum Gasteiger partial charge on any atom is -0.0822 e. The first kappa shape index (κ1) is 10.1. The van der Waals surface area contributed by atoms with Crippen LogP contribution in [0.5, 0.6) is 0 Å². The predicted octanol–water partition coefficient (Wildman–Crippen LogP) is 1.46. The van der Waals surface area contributed by atoms with E-state index >= 15 is 0 Å². The van der Waals surface area contributed by atoms with Gasteiger partial charge in [0.1, 0.15) is 0 Å². The molecule has 0 saturated carbocycles. The molecule has 0 saturated heterocycles. The lowest BCUT2D eigenvalue weighted by Crippen LogP contribution is -2.09. The Morgan fingerprint density at radius 1 is 1.30 bits per heavy atom. The molecule has 0 aromatic heterocycles. The van der Waals surface area contributed by atoms with Crippen molar-refractivity contribution in [1.82, 2.24) is 0 Å². The summed E-state index contributed by atoms with van der Waals surface area (Å²) in [5, 5.41) is 0. The summed E-state index contributed by atoms with van der Waals surface area (Å²) in [7, 11) is 3.62. The smallest absolute Gasteiger partial charge is 0.0822 e. The highest BCUT2D eigenvalue weighted by molar-refractivity contribution is 6.89. The van der Waals surface area contributed by atoms with Gasteiger partial charge in [0.2, 0.25) is 0 Å². The maximum atomic E-state index is 2.38. The summed E-state index contributed by atoms with van der Waals surface area (Å²) in [4.78, 5) is 0. The maximum Gasteiger partial charge on any atom is 0.0825 e. The second kappa shape index (κ2) is 5.88. The Bertz CT molecular complexity index is 63.7. The zero-order valence-electron chi connectivity index (χ0n) is 7.98. The minimum absolute atomic E-state index is 0.935. The summed E-state index contributed by atoms with van der Waals surface area (Å²) in [6, 6.07) is 0. The SMILES string of the molecule is BBC[C@H](C)C(C)CCC. The van der Waals surface area contributed by atoms with E-state index in [1.165, 1.54) is 26.3 Å². The van der Waals surface area contributed by atoms with Gasteiger partial charge in [0, 0.05) is 0 Å². The van der Waals surface area contributed by atoms with E-state index in [0.717, 1.165) is 11.8 Å². The Labute approximate surface area is 67.4 Å². The van der Waals surface area contributed by atoms with Gasteiger partial charge in [-0.3, -0.25) is 0 Å². The van der Waals surface area contributed by atoms with Crippen LogP contribution in [0.1, 0.15) is 33.6 Å². The molecule has 0 spiro atoms. The molecule has 0 aliphatic heterocycles. The second-order valence-corrected chi connectivity index (χ2v) is 3.53. The molecule has 2 heteroatoms. The van der Waals surface area contributed by atoms with E-state index in [-0.39, 0.29) is 0 Å². The van der Waals surface area contributed by atoms with Crippen molar-refractivity contribution in [2.45, 2.75) is 39.9 Å². The summed E-state index contributed by atoms with van der Waals surface area (Å²) in [6.07, 6.45) is 4.15. The molecule has 0 rings (SSSR count). The van der Waals surface area contributed by atoms with Crippen LogP contribution in [0, 0.1) is 11.8 Å². The van der Waals surface area contributed by atoms with Crippen molar-refractivity contribution in [3.05, 3.63) is 0 Å². The van der Waals surface area contributed by atoms with Gasteiger partial charge in [0.15, 0.2) is 0 Å². The van der Waals surface area contributed by atoms with Crippen LogP contribution in [0.4, 0.5) is 0 Å². The molecule has 0 nitrogen and oxygen atoms in total. The van der Waals surface area contributed by atoms with Gasteiger partial charge in [-0.15, -0.1) is 0 Å². The van der Waals surface area contributed by atoms with Crippen LogP contribution < -0.4 is 0 Å². The summed E-state index contributed by atoms with van der Waals surface area (Å²) in [5.41, 5.74) is 0. The van der Waals surface area contributed by atoms with Crippen LogP contribution in [0.3, 0.4) is 0 Å². The first-order chi connectivity index (χ1) is 4.72. The van der Waals surface area contributed by atoms with Gasteiger partial charge in [-0.2, -0.15) is 0 Å². The summed E-state index contributed by atoms with van der Waals surface area (Å²) in [6.45, 7) is 7.03. The third-order valence-corrected chi connectivity index (χ3v) is 2.46. The molecule has 0 aromatic rings. The first-order valence-corrected chi connectivity index (χ1v) is 4.72. The molecule has 0 radical (unpaired) electrons. The minimum atomic E-state index is 0.935. The molecule has 0 aliphatic carbocycles. The van der Waals surface area contributed by atoms with Gasteiger partial charge in [0.25, 0.3) is 0 Å². The molecule has 0 aromatic carbocycles. The third kappa shape index (κ3) is 4.03. The fourth-order valence-electron chi connectivity index (χ4n) is 1.48. The Morgan fingerprint density at radius 3 is 2.30 bits per heavy atom. The molecule has 10 heavy (non-hydrogen) atoms. The highest BCUT2D eigenvalue weighted by Crippen LogP contribution is 2.19. The van der Waals surface area contributed by atoms with Crippen molar-refractivity contribution in [2.75, 3.05) is 0 Å². The van der Waals surface area contributed by atoms with E-state index < -0.39 is 0 Å². The monoisotopic (exact) mass is 138 g/mol. The zero-order chi connectivity index (χ0) is 7.98. The molecule has 0 bridgehead atoms. The average molecular weight is 138 g/mol. The van der Waals surface area contributed by atoms with Crippen molar-refractivity contribution in [1.29, 1.82) is 0 Å². The number of rotatable bonds is 5. The van der Waals surface area contributed by atoms with Crippen LogP contribution in [-0.2, 0) is 0 Å². The second-order valence-electron chi connectivity index (χ2n) is 3.53.